The van der Waals surface area contributed by atoms with Crippen LogP contribution in [0.1, 0.15) is 33.1 Å². The molecule has 1 rings (SSSR count). The molecular weight excluding hydrogens is 236 g/mol. The Kier molecular flexibility index (Phi) is 5.12. The number of ether oxygens (including phenoxy) is 1. The van der Waals surface area contributed by atoms with Gasteiger partial charge in [-0.15, -0.1) is 0 Å². The van der Waals surface area contributed by atoms with Gasteiger partial charge in [-0.3, -0.25) is 14.4 Å². The van der Waals surface area contributed by atoms with E-state index in [9.17, 15) is 14.4 Å². The SMILES string of the molecule is CC[C@@H](C(N)=O)N1C[C@H](CCOC(C)=O)CC1=O. The fourth-order valence-corrected chi connectivity index (χ4v) is 2.25. The maximum absolute atomic E-state index is 11.8. The highest BCUT2D eigenvalue weighted by molar-refractivity contribution is 5.87. The lowest BCUT2D eigenvalue weighted by Gasteiger charge is -2.24. The van der Waals surface area contributed by atoms with Gasteiger partial charge in [0.1, 0.15) is 6.04 Å². The minimum absolute atomic E-state index is 0.0477. The summed E-state index contributed by atoms with van der Waals surface area (Å²) in [5, 5.41) is 0. The molecule has 2 amide bonds. The van der Waals surface area contributed by atoms with Crippen LogP contribution >= 0.6 is 0 Å². The molecule has 0 unspecified atom stereocenters. The number of likely N-dealkylation sites (tertiary alicyclic amines) is 1. The topological polar surface area (TPSA) is 89.7 Å². The van der Waals surface area contributed by atoms with Crippen LogP contribution in [-0.4, -0.2) is 41.9 Å². The Morgan fingerprint density at radius 3 is 2.72 bits per heavy atom. The van der Waals surface area contributed by atoms with Gasteiger partial charge in [0.2, 0.25) is 11.8 Å². The lowest BCUT2D eigenvalue weighted by molar-refractivity contribution is -0.141. The third-order valence-electron chi connectivity index (χ3n) is 3.16. The van der Waals surface area contributed by atoms with Gasteiger partial charge in [-0.2, -0.15) is 0 Å². The molecule has 18 heavy (non-hydrogen) atoms. The molecule has 0 aliphatic carbocycles. The molecule has 1 aliphatic heterocycles. The third-order valence-corrected chi connectivity index (χ3v) is 3.16. The molecule has 0 aromatic rings. The Morgan fingerprint density at radius 2 is 2.22 bits per heavy atom. The van der Waals surface area contributed by atoms with E-state index in [1.165, 1.54) is 6.92 Å². The normalized spacial score (nSPS) is 20.9. The van der Waals surface area contributed by atoms with Crippen molar-refractivity contribution in [3.8, 4) is 0 Å². The van der Waals surface area contributed by atoms with Gasteiger partial charge in [0.25, 0.3) is 0 Å². The Morgan fingerprint density at radius 1 is 1.56 bits per heavy atom. The Hall–Kier alpha value is -1.59. The number of nitrogens with two attached hydrogens (primary N) is 1. The van der Waals surface area contributed by atoms with Gasteiger partial charge in [0.05, 0.1) is 6.61 Å². The van der Waals surface area contributed by atoms with Crippen LogP contribution in [0.15, 0.2) is 0 Å². The number of rotatable bonds is 6. The quantitative estimate of drug-likeness (QED) is 0.680. The first-order chi connectivity index (χ1) is 8.45. The summed E-state index contributed by atoms with van der Waals surface area (Å²) in [6.07, 6.45) is 1.56. The summed E-state index contributed by atoms with van der Waals surface area (Å²) >= 11 is 0. The van der Waals surface area contributed by atoms with E-state index in [1.54, 1.807) is 4.90 Å². The van der Waals surface area contributed by atoms with Crippen LogP contribution < -0.4 is 5.73 Å². The van der Waals surface area contributed by atoms with Crippen molar-refractivity contribution in [1.29, 1.82) is 0 Å². The van der Waals surface area contributed by atoms with Crippen molar-refractivity contribution in [2.24, 2.45) is 11.7 Å². The smallest absolute Gasteiger partial charge is 0.302 e. The van der Waals surface area contributed by atoms with Gasteiger partial charge >= 0.3 is 5.97 Å². The number of amides is 2. The van der Waals surface area contributed by atoms with Crippen LogP contribution in [0.3, 0.4) is 0 Å². The molecule has 0 aromatic carbocycles. The monoisotopic (exact) mass is 256 g/mol. The number of nitrogens with zero attached hydrogens (tertiary/aromatic N) is 1. The molecule has 0 bridgehead atoms. The summed E-state index contributed by atoms with van der Waals surface area (Å²) in [6, 6.07) is -0.517. The molecule has 6 nitrogen and oxygen atoms in total. The van der Waals surface area contributed by atoms with Crippen molar-refractivity contribution >= 4 is 17.8 Å². The molecule has 102 valence electrons. The summed E-state index contributed by atoms with van der Waals surface area (Å²) in [6.45, 7) is 4.01. The number of primary amides is 1. The highest BCUT2D eigenvalue weighted by Crippen LogP contribution is 2.23. The zero-order valence-corrected chi connectivity index (χ0v) is 10.8. The summed E-state index contributed by atoms with van der Waals surface area (Å²) in [5.41, 5.74) is 5.27. The Labute approximate surface area is 106 Å². The fraction of sp³-hybridized carbons (Fsp3) is 0.750. The Balaban J connectivity index is 2.48. The van der Waals surface area contributed by atoms with Crippen LogP contribution in [0, 0.1) is 5.92 Å². The van der Waals surface area contributed by atoms with Crippen molar-refractivity contribution < 1.29 is 19.1 Å². The maximum atomic E-state index is 11.8. The second-order valence-corrected chi connectivity index (χ2v) is 4.57. The average molecular weight is 256 g/mol. The highest BCUT2D eigenvalue weighted by Gasteiger charge is 2.35. The second kappa shape index (κ2) is 6.37. The molecule has 0 radical (unpaired) electrons. The van der Waals surface area contributed by atoms with E-state index in [0.29, 0.717) is 32.4 Å². The maximum Gasteiger partial charge on any atom is 0.302 e. The summed E-state index contributed by atoms with van der Waals surface area (Å²) in [7, 11) is 0. The molecule has 0 saturated carbocycles. The van der Waals surface area contributed by atoms with E-state index in [4.69, 9.17) is 10.5 Å². The van der Waals surface area contributed by atoms with Crippen molar-refractivity contribution in [1.82, 2.24) is 4.90 Å². The Bertz CT molecular complexity index is 343. The fourth-order valence-electron chi connectivity index (χ4n) is 2.25. The number of hydrogen-bond donors (Lipinski definition) is 1. The van der Waals surface area contributed by atoms with Gasteiger partial charge in [0.15, 0.2) is 0 Å². The lowest BCUT2D eigenvalue weighted by Crippen LogP contribution is -2.45. The minimum Gasteiger partial charge on any atom is -0.466 e. The van der Waals surface area contributed by atoms with Crippen molar-refractivity contribution in [2.45, 2.75) is 39.2 Å². The zero-order chi connectivity index (χ0) is 13.7. The molecule has 0 spiro atoms. The van der Waals surface area contributed by atoms with Crippen LogP contribution in [0.5, 0.6) is 0 Å². The van der Waals surface area contributed by atoms with E-state index in [1.807, 2.05) is 6.92 Å². The molecule has 1 heterocycles. The van der Waals surface area contributed by atoms with Crippen LogP contribution in [-0.2, 0) is 19.1 Å². The predicted octanol–water partition coefficient (Wildman–Crippen LogP) is 0.0520. The second-order valence-electron chi connectivity index (χ2n) is 4.57. The molecule has 1 aliphatic rings. The van der Waals surface area contributed by atoms with E-state index in [-0.39, 0.29) is 17.8 Å². The number of hydrogen-bond acceptors (Lipinski definition) is 4. The minimum atomic E-state index is -0.517. The van der Waals surface area contributed by atoms with E-state index in [2.05, 4.69) is 0 Å². The number of carbonyl (C=O) groups excluding carboxylic acids is 3. The van der Waals surface area contributed by atoms with Crippen LogP contribution in [0.4, 0.5) is 0 Å². The average Bonchev–Trinajstić information content (AvgIpc) is 2.60. The molecule has 0 aromatic heterocycles. The molecule has 1 fully saturated rings. The zero-order valence-electron chi connectivity index (χ0n) is 10.8. The standard InChI is InChI=1S/C12H20N2O4/c1-3-10(12(13)17)14-7-9(6-11(14)16)4-5-18-8(2)15/h9-10H,3-7H2,1-2H3,(H2,13,17)/t9-,10+/m1/s1. The molecule has 2 atom stereocenters. The summed E-state index contributed by atoms with van der Waals surface area (Å²) in [5.74, 6) is -0.704. The van der Waals surface area contributed by atoms with Gasteiger partial charge in [0, 0.05) is 19.9 Å². The predicted molar refractivity (Wildman–Crippen MR) is 64.3 cm³/mol. The summed E-state index contributed by atoms with van der Waals surface area (Å²) < 4.78 is 4.85. The van der Waals surface area contributed by atoms with E-state index in [0.717, 1.165) is 0 Å². The first-order valence-corrected chi connectivity index (χ1v) is 6.17. The van der Waals surface area contributed by atoms with E-state index < -0.39 is 11.9 Å². The van der Waals surface area contributed by atoms with Gasteiger partial charge in [-0.25, -0.2) is 0 Å². The number of carbonyl (C=O) groups is 3. The molecule has 6 heteroatoms. The highest BCUT2D eigenvalue weighted by atomic mass is 16.5. The number of esters is 1. The van der Waals surface area contributed by atoms with Gasteiger partial charge in [-0.05, 0) is 18.8 Å². The first kappa shape index (κ1) is 14.5. The first-order valence-electron chi connectivity index (χ1n) is 6.17. The van der Waals surface area contributed by atoms with Crippen LogP contribution in [0.25, 0.3) is 0 Å². The van der Waals surface area contributed by atoms with Crippen molar-refractivity contribution in [3.63, 3.8) is 0 Å². The van der Waals surface area contributed by atoms with Crippen LogP contribution in [0.2, 0.25) is 0 Å². The van der Waals surface area contributed by atoms with Gasteiger partial charge in [-0.1, -0.05) is 6.92 Å². The van der Waals surface area contributed by atoms with Crippen molar-refractivity contribution in [3.05, 3.63) is 0 Å². The summed E-state index contributed by atoms with van der Waals surface area (Å²) in [4.78, 5) is 35.2. The molecule has 1 saturated heterocycles. The molecular formula is C12H20N2O4. The lowest BCUT2D eigenvalue weighted by atomic mass is 10.1. The van der Waals surface area contributed by atoms with Gasteiger partial charge < -0.3 is 15.4 Å². The molecule has 2 N–H and O–H groups in total. The largest absolute Gasteiger partial charge is 0.466 e. The van der Waals surface area contributed by atoms with E-state index >= 15 is 0 Å². The third kappa shape index (κ3) is 3.72. The van der Waals surface area contributed by atoms with Crippen molar-refractivity contribution in [2.75, 3.05) is 13.2 Å².